The van der Waals surface area contributed by atoms with Crippen LogP contribution in [0.1, 0.15) is 41.6 Å². The minimum absolute atomic E-state index is 0.0153. The van der Waals surface area contributed by atoms with E-state index in [0.717, 1.165) is 36.6 Å². The van der Waals surface area contributed by atoms with E-state index < -0.39 is 11.5 Å². The molecule has 1 N–H and O–H groups in total. The molecule has 0 fully saturated rings. The lowest BCUT2D eigenvalue weighted by Gasteiger charge is -2.20. The van der Waals surface area contributed by atoms with Crippen LogP contribution in [0.5, 0.6) is 0 Å². The molecule has 0 aliphatic heterocycles. The molecule has 2 aromatic heterocycles. The van der Waals surface area contributed by atoms with Crippen LogP contribution in [0, 0.1) is 5.21 Å². The Balaban J connectivity index is 1.65. The third-order valence-electron chi connectivity index (χ3n) is 4.85. The number of rotatable bonds is 4. The molecule has 0 unspecified atom stereocenters. The van der Waals surface area contributed by atoms with Crippen molar-refractivity contribution in [1.82, 2.24) is 9.97 Å². The van der Waals surface area contributed by atoms with Crippen LogP contribution in [0.3, 0.4) is 0 Å². The molecule has 1 aliphatic rings. The molecule has 3 aromatic rings. The number of carbonyl (C=O) groups excluding carboxylic acids is 1. The minimum Gasteiger partial charge on any atom is -0.711 e. The number of nitrogens with zero attached hydrogens (tertiary/aromatic N) is 2. The number of nitrogens with one attached hydrogen (secondary N) is 1. The Bertz CT molecular complexity index is 1120. The van der Waals surface area contributed by atoms with Gasteiger partial charge in [0.2, 0.25) is 0 Å². The molecule has 29 heavy (non-hydrogen) atoms. The van der Waals surface area contributed by atoms with Gasteiger partial charge in [0.25, 0.3) is 5.82 Å². The van der Waals surface area contributed by atoms with Gasteiger partial charge in [-0.05, 0) is 42.5 Å². The summed E-state index contributed by atoms with van der Waals surface area (Å²) in [6.45, 7) is 0. The van der Waals surface area contributed by atoms with Gasteiger partial charge in [-0.2, -0.15) is 0 Å². The number of ether oxygens (including phenoxy) is 1. The summed E-state index contributed by atoms with van der Waals surface area (Å²) in [5.74, 6) is -0.263. The average Bonchev–Trinajstić information content (AvgIpc) is 2.76. The summed E-state index contributed by atoms with van der Waals surface area (Å²) in [5.41, 5.74) is 1.39. The lowest BCUT2D eigenvalue weighted by molar-refractivity contribution is -0.597. The van der Waals surface area contributed by atoms with Crippen molar-refractivity contribution in [2.75, 3.05) is 0 Å². The second-order valence-electron chi connectivity index (χ2n) is 6.78. The average molecular weight is 389 g/mol. The molecule has 1 aliphatic carbocycles. The van der Waals surface area contributed by atoms with Crippen LogP contribution in [-0.4, -0.2) is 15.9 Å². The quantitative estimate of drug-likeness (QED) is 0.420. The predicted octanol–water partition coefficient (Wildman–Crippen LogP) is 3.21. The van der Waals surface area contributed by atoms with Crippen molar-refractivity contribution >= 4 is 11.5 Å². The van der Waals surface area contributed by atoms with Gasteiger partial charge < -0.3 is 9.94 Å². The first-order valence-electron chi connectivity index (χ1n) is 9.40. The van der Waals surface area contributed by atoms with Gasteiger partial charge in [0.05, 0.1) is 5.56 Å². The predicted molar refractivity (Wildman–Crippen MR) is 106 cm³/mol. The summed E-state index contributed by atoms with van der Waals surface area (Å²) >= 11 is 0. The van der Waals surface area contributed by atoms with Crippen molar-refractivity contribution in [3.63, 3.8) is 0 Å². The SMILES string of the molecule is O=C(OC1=C(c2ccccc2)CCCC1)c1c[n+]([O-])c(-c2cccnc2)[nH]c1=O. The zero-order valence-electron chi connectivity index (χ0n) is 15.6. The van der Waals surface area contributed by atoms with E-state index in [1.54, 1.807) is 18.3 Å². The summed E-state index contributed by atoms with van der Waals surface area (Å²) in [6, 6.07) is 13.0. The van der Waals surface area contributed by atoms with Crippen molar-refractivity contribution in [2.45, 2.75) is 25.7 Å². The van der Waals surface area contributed by atoms with Gasteiger partial charge in [-0.15, -0.1) is 0 Å². The maximum Gasteiger partial charge on any atom is 0.355 e. The Hall–Kier alpha value is -3.74. The molecule has 0 spiro atoms. The summed E-state index contributed by atoms with van der Waals surface area (Å²) in [6.07, 6.45) is 7.28. The number of aromatic nitrogens is 3. The molecule has 146 valence electrons. The summed E-state index contributed by atoms with van der Waals surface area (Å²) < 4.78 is 6.03. The number of hydrogen-bond donors (Lipinski definition) is 1. The number of esters is 1. The maximum atomic E-state index is 12.7. The molecule has 7 nitrogen and oxygen atoms in total. The largest absolute Gasteiger partial charge is 0.711 e. The standard InChI is InChI=1S/C22H19N3O4/c26-21-18(14-25(28)20(24-21)16-9-6-12-23-13-16)22(27)29-19-11-5-4-10-17(19)15-7-2-1-3-8-15/h1-3,6-9,12-14H,4-5,10-11H2,(H,24,26). The fraction of sp³-hybridized carbons (Fsp3) is 0.182. The molecule has 0 amide bonds. The Morgan fingerprint density at radius 1 is 1.07 bits per heavy atom. The van der Waals surface area contributed by atoms with E-state index in [2.05, 4.69) is 9.97 Å². The van der Waals surface area contributed by atoms with Crippen LogP contribution in [0.2, 0.25) is 0 Å². The first kappa shape index (κ1) is 18.6. The monoisotopic (exact) mass is 389 g/mol. The van der Waals surface area contributed by atoms with Crippen molar-refractivity contribution < 1.29 is 14.3 Å². The molecule has 0 atom stereocenters. The summed E-state index contributed by atoms with van der Waals surface area (Å²) in [7, 11) is 0. The molecule has 0 bridgehead atoms. The van der Waals surface area contributed by atoms with E-state index in [0.29, 0.717) is 22.5 Å². The molecule has 0 radical (unpaired) electrons. The number of carbonyl (C=O) groups is 1. The topological polar surface area (TPSA) is 99.0 Å². The highest BCUT2D eigenvalue weighted by atomic mass is 16.5. The molecule has 1 aromatic carbocycles. The number of H-pyrrole nitrogens is 1. The van der Waals surface area contributed by atoms with E-state index in [1.165, 1.54) is 6.20 Å². The molecule has 2 heterocycles. The van der Waals surface area contributed by atoms with Crippen LogP contribution < -0.4 is 10.3 Å². The Morgan fingerprint density at radius 2 is 1.83 bits per heavy atom. The van der Waals surface area contributed by atoms with Crippen molar-refractivity contribution in [1.29, 1.82) is 0 Å². The first-order chi connectivity index (χ1) is 14.1. The highest BCUT2D eigenvalue weighted by Crippen LogP contribution is 2.33. The fourth-order valence-corrected chi connectivity index (χ4v) is 3.42. The van der Waals surface area contributed by atoms with Crippen LogP contribution in [0.25, 0.3) is 17.0 Å². The first-order valence-corrected chi connectivity index (χ1v) is 9.40. The van der Waals surface area contributed by atoms with Gasteiger partial charge in [0.15, 0.2) is 5.56 Å². The van der Waals surface area contributed by atoms with E-state index in [4.69, 9.17) is 4.74 Å². The summed E-state index contributed by atoms with van der Waals surface area (Å²) in [5, 5.41) is 12.4. The lowest BCUT2D eigenvalue weighted by Crippen LogP contribution is -2.37. The normalized spacial score (nSPS) is 13.9. The van der Waals surface area contributed by atoms with Crippen LogP contribution in [0.15, 0.2) is 71.6 Å². The second kappa shape index (κ2) is 8.10. The van der Waals surface area contributed by atoms with E-state index >= 15 is 0 Å². The number of allylic oxidation sites excluding steroid dienone is 2. The van der Waals surface area contributed by atoms with E-state index in [1.807, 2.05) is 30.3 Å². The van der Waals surface area contributed by atoms with Gasteiger partial charge in [0.1, 0.15) is 12.0 Å². The zero-order chi connectivity index (χ0) is 20.2. The molecule has 4 rings (SSSR count). The highest BCUT2D eigenvalue weighted by molar-refractivity contribution is 5.90. The molecule has 7 heteroatoms. The summed E-state index contributed by atoms with van der Waals surface area (Å²) in [4.78, 5) is 31.5. The third-order valence-corrected chi connectivity index (χ3v) is 4.85. The number of aromatic amines is 1. The van der Waals surface area contributed by atoms with Gasteiger partial charge >= 0.3 is 11.5 Å². The van der Waals surface area contributed by atoms with Crippen molar-refractivity contribution in [2.24, 2.45) is 0 Å². The molecular weight excluding hydrogens is 370 g/mol. The molecule has 0 saturated carbocycles. The number of pyridine rings is 1. The van der Waals surface area contributed by atoms with Crippen molar-refractivity contribution in [3.05, 3.63) is 93.5 Å². The van der Waals surface area contributed by atoms with E-state index in [-0.39, 0.29) is 11.4 Å². The highest BCUT2D eigenvalue weighted by Gasteiger charge is 2.24. The van der Waals surface area contributed by atoms with Crippen LogP contribution in [0.4, 0.5) is 0 Å². The number of benzene rings is 1. The van der Waals surface area contributed by atoms with E-state index in [9.17, 15) is 14.8 Å². The Labute approximate surface area is 166 Å². The van der Waals surface area contributed by atoms with Crippen molar-refractivity contribution in [3.8, 4) is 11.4 Å². The number of hydrogen-bond acceptors (Lipinski definition) is 5. The maximum absolute atomic E-state index is 12.7. The van der Waals surface area contributed by atoms with Crippen LogP contribution >= 0.6 is 0 Å². The lowest BCUT2D eigenvalue weighted by atomic mass is 9.92. The molecular formula is C22H19N3O4. The smallest absolute Gasteiger partial charge is 0.355 e. The van der Waals surface area contributed by atoms with Gasteiger partial charge in [0, 0.05) is 18.8 Å². The fourth-order valence-electron chi connectivity index (χ4n) is 3.42. The van der Waals surface area contributed by atoms with Gasteiger partial charge in [-0.1, -0.05) is 30.3 Å². The Kier molecular flexibility index (Phi) is 5.20. The second-order valence-corrected chi connectivity index (χ2v) is 6.78. The third kappa shape index (κ3) is 3.94. The Morgan fingerprint density at radius 3 is 2.59 bits per heavy atom. The minimum atomic E-state index is -0.834. The van der Waals surface area contributed by atoms with Gasteiger partial charge in [-0.3, -0.25) is 4.98 Å². The van der Waals surface area contributed by atoms with Gasteiger partial charge in [-0.25, -0.2) is 19.3 Å². The molecule has 0 saturated heterocycles. The van der Waals surface area contributed by atoms with Crippen LogP contribution in [-0.2, 0) is 4.74 Å². The zero-order valence-corrected chi connectivity index (χ0v) is 15.6.